The average molecular weight is 421 g/mol. The van der Waals surface area contributed by atoms with Gasteiger partial charge in [0.05, 0.1) is 18.2 Å². The highest BCUT2D eigenvalue weighted by Gasteiger charge is 2.53. The van der Waals surface area contributed by atoms with E-state index in [9.17, 15) is 39.6 Å². The van der Waals surface area contributed by atoms with Crippen LogP contribution >= 0.6 is 0 Å². The molecule has 0 bridgehead atoms. The minimum absolute atomic E-state index is 0.00222. The standard InChI is InChI=1S/C21H21F2NO6/c22-20(23)12-3-1-11(2-4-12)7-14-8-15(6-5-13(14)9-24)21(29)19(28)18(27)17(26)16(10-25)30-21/h1-6,8,16-20,25-29H,7,10H2/t16-,17-,18+,19-,21-/m1/s1. The summed E-state index contributed by atoms with van der Waals surface area (Å²) in [4.78, 5) is 0. The SMILES string of the molecule is N#Cc1ccc([C@@]2(O)O[C@H](CO)[C@@H](O)[C@H](O)[C@H]2O)cc1Cc1ccc(C(F)F)cc1. The zero-order valence-corrected chi connectivity index (χ0v) is 15.7. The number of aliphatic hydroxyl groups is 5. The molecule has 0 spiro atoms. The van der Waals surface area contributed by atoms with Crippen LogP contribution in [0.3, 0.4) is 0 Å². The predicted octanol–water partition coefficient (Wildman–Crippen LogP) is 0.706. The molecule has 0 saturated carbocycles. The Hall–Kier alpha value is -2.45. The van der Waals surface area contributed by atoms with E-state index >= 15 is 0 Å². The van der Waals surface area contributed by atoms with Crippen molar-refractivity contribution in [1.82, 2.24) is 0 Å². The van der Waals surface area contributed by atoms with E-state index in [0.717, 1.165) is 0 Å². The van der Waals surface area contributed by atoms with Crippen LogP contribution in [-0.4, -0.2) is 56.6 Å². The normalized spacial score (nSPS) is 29.0. The van der Waals surface area contributed by atoms with Crippen molar-refractivity contribution in [3.63, 3.8) is 0 Å². The van der Waals surface area contributed by atoms with Crippen molar-refractivity contribution >= 4 is 0 Å². The molecule has 2 aromatic carbocycles. The molecule has 5 atom stereocenters. The minimum atomic E-state index is -2.60. The van der Waals surface area contributed by atoms with Crippen LogP contribution in [0.5, 0.6) is 0 Å². The van der Waals surface area contributed by atoms with E-state index in [1.54, 1.807) is 0 Å². The van der Waals surface area contributed by atoms with Crippen molar-refractivity contribution in [1.29, 1.82) is 5.26 Å². The number of alkyl halides is 2. The summed E-state index contributed by atoms with van der Waals surface area (Å²) in [6, 6.07) is 11.7. The molecule has 0 amide bonds. The summed E-state index contributed by atoms with van der Waals surface area (Å²) < 4.78 is 30.8. The van der Waals surface area contributed by atoms with Gasteiger partial charge in [-0.15, -0.1) is 0 Å². The fourth-order valence-corrected chi connectivity index (χ4v) is 3.47. The molecule has 0 aromatic heterocycles. The highest BCUT2D eigenvalue weighted by Crippen LogP contribution is 2.37. The number of hydrogen-bond donors (Lipinski definition) is 5. The van der Waals surface area contributed by atoms with Gasteiger partial charge in [0.25, 0.3) is 6.43 Å². The molecule has 1 aliphatic rings. The Kier molecular flexibility index (Phi) is 6.47. The summed E-state index contributed by atoms with van der Waals surface area (Å²) in [6.07, 6.45) is -9.12. The maximum absolute atomic E-state index is 12.7. The van der Waals surface area contributed by atoms with Crippen molar-refractivity contribution in [2.45, 2.75) is 43.0 Å². The third-order valence-corrected chi connectivity index (χ3v) is 5.23. The lowest BCUT2D eigenvalue weighted by molar-refractivity contribution is -0.357. The lowest BCUT2D eigenvalue weighted by Gasteiger charge is -2.45. The van der Waals surface area contributed by atoms with E-state index in [0.29, 0.717) is 11.1 Å². The van der Waals surface area contributed by atoms with Gasteiger partial charge in [0.1, 0.15) is 24.4 Å². The number of halogens is 2. The lowest BCUT2D eigenvalue weighted by atomic mass is 9.86. The summed E-state index contributed by atoms with van der Waals surface area (Å²) in [5.41, 5.74) is 1.17. The maximum Gasteiger partial charge on any atom is 0.263 e. The Bertz CT molecular complexity index is 930. The van der Waals surface area contributed by atoms with E-state index in [1.165, 1.54) is 42.5 Å². The molecule has 0 aliphatic carbocycles. The van der Waals surface area contributed by atoms with Crippen molar-refractivity contribution in [2.24, 2.45) is 0 Å². The van der Waals surface area contributed by atoms with Crippen LogP contribution in [0, 0.1) is 11.3 Å². The maximum atomic E-state index is 12.7. The van der Waals surface area contributed by atoms with Crippen LogP contribution in [0.4, 0.5) is 8.78 Å². The molecule has 5 N–H and O–H groups in total. The van der Waals surface area contributed by atoms with Crippen LogP contribution in [0.1, 0.15) is 34.2 Å². The number of hydrogen-bond acceptors (Lipinski definition) is 7. The van der Waals surface area contributed by atoms with E-state index in [-0.39, 0.29) is 23.1 Å². The topological polar surface area (TPSA) is 134 Å². The van der Waals surface area contributed by atoms with Crippen LogP contribution < -0.4 is 0 Å². The first-order chi connectivity index (χ1) is 14.2. The first-order valence-electron chi connectivity index (χ1n) is 9.17. The predicted molar refractivity (Wildman–Crippen MR) is 99.2 cm³/mol. The zero-order chi connectivity index (χ0) is 22.1. The summed E-state index contributed by atoms with van der Waals surface area (Å²) in [6.45, 7) is -0.715. The van der Waals surface area contributed by atoms with Gasteiger partial charge < -0.3 is 30.3 Å². The van der Waals surface area contributed by atoms with Crippen molar-refractivity contribution < 1.29 is 39.1 Å². The van der Waals surface area contributed by atoms with Crippen molar-refractivity contribution in [3.8, 4) is 6.07 Å². The number of aliphatic hydroxyl groups excluding tert-OH is 4. The molecule has 1 fully saturated rings. The van der Waals surface area contributed by atoms with Gasteiger partial charge in [0, 0.05) is 11.1 Å². The highest BCUT2D eigenvalue weighted by atomic mass is 19.3. The zero-order valence-electron chi connectivity index (χ0n) is 15.7. The second-order valence-electron chi connectivity index (χ2n) is 7.16. The van der Waals surface area contributed by atoms with Gasteiger partial charge in [-0.3, -0.25) is 0 Å². The fourth-order valence-electron chi connectivity index (χ4n) is 3.47. The number of rotatable bonds is 5. The first kappa shape index (κ1) is 22.2. The van der Waals surface area contributed by atoms with Crippen LogP contribution in [0.2, 0.25) is 0 Å². The molecule has 0 radical (unpaired) electrons. The summed E-state index contributed by atoms with van der Waals surface area (Å²) in [5.74, 6) is -2.45. The van der Waals surface area contributed by atoms with E-state index < -0.39 is 43.2 Å². The molecular weight excluding hydrogens is 400 g/mol. The first-order valence-corrected chi connectivity index (χ1v) is 9.17. The number of ether oxygens (including phenoxy) is 1. The summed E-state index contributed by atoms with van der Waals surface area (Å²) in [5, 5.41) is 59.9. The third-order valence-electron chi connectivity index (χ3n) is 5.23. The van der Waals surface area contributed by atoms with Crippen molar-refractivity contribution in [3.05, 3.63) is 70.3 Å². The molecule has 30 heavy (non-hydrogen) atoms. The number of benzene rings is 2. The Morgan fingerprint density at radius 1 is 1.07 bits per heavy atom. The summed E-state index contributed by atoms with van der Waals surface area (Å²) in [7, 11) is 0. The van der Waals surface area contributed by atoms with Gasteiger partial charge in [-0.2, -0.15) is 5.26 Å². The third kappa shape index (κ3) is 4.06. The number of nitriles is 1. The Morgan fingerprint density at radius 2 is 1.73 bits per heavy atom. The van der Waals surface area contributed by atoms with Crippen LogP contribution in [0.25, 0.3) is 0 Å². The molecule has 1 aliphatic heterocycles. The molecular formula is C21H21F2NO6. The van der Waals surface area contributed by atoms with Crippen molar-refractivity contribution in [2.75, 3.05) is 6.61 Å². The largest absolute Gasteiger partial charge is 0.394 e. The van der Waals surface area contributed by atoms with Gasteiger partial charge in [0.15, 0.2) is 0 Å². The van der Waals surface area contributed by atoms with E-state index in [4.69, 9.17) is 4.74 Å². The summed E-state index contributed by atoms with van der Waals surface area (Å²) >= 11 is 0. The second-order valence-corrected chi connectivity index (χ2v) is 7.16. The minimum Gasteiger partial charge on any atom is -0.394 e. The van der Waals surface area contributed by atoms with Gasteiger partial charge in [0.2, 0.25) is 5.79 Å². The lowest BCUT2D eigenvalue weighted by Crippen LogP contribution is -2.63. The van der Waals surface area contributed by atoms with Gasteiger partial charge in [-0.1, -0.05) is 30.3 Å². The molecule has 9 heteroatoms. The van der Waals surface area contributed by atoms with E-state index in [1.807, 2.05) is 6.07 Å². The van der Waals surface area contributed by atoms with E-state index in [2.05, 4.69) is 0 Å². The monoisotopic (exact) mass is 421 g/mol. The quantitative estimate of drug-likeness (QED) is 0.480. The smallest absolute Gasteiger partial charge is 0.263 e. The Labute approximate surface area is 171 Å². The van der Waals surface area contributed by atoms with Crippen LogP contribution in [-0.2, 0) is 16.9 Å². The van der Waals surface area contributed by atoms with Gasteiger partial charge in [-0.25, -0.2) is 8.78 Å². The van der Waals surface area contributed by atoms with Gasteiger partial charge >= 0.3 is 0 Å². The van der Waals surface area contributed by atoms with Gasteiger partial charge in [-0.05, 0) is 29.7 Å². The Balaban J connectivity index is 1.96. The average Bonchev–Trinajstić information content (AvgIpc) is 2.75. The molecule has 7 nitrogen and oxygen atoms in total. The fraction of sp³-hybridized carbons (Fsp3) is 0.381. The van der Waals surface area contributed by atoms with Crippen LogP contribution in [0.15, 0.2) is 42.5 Å². The Morgan fingerprint density at radius 3 is 2.30 bits per heavy atom. The second kappa shape index (κ2) is 8.73. The molecule has 3 rings (SSSR count). The molecule has 1 heterocycles. The number of nitrogens with zero attached hydrogens (tertiary/aromatic N) is 1. The molecule has 1 saturated heterocycles. The molecule has 160 valence electrons. The molecule has 2 aromatic rings. The highest BCUT2D eigenvalue weighted by molar-refractivity contribution is 5.44. The molecule has 0 unspecified atom stereocenters.